The van der Waals surface area contributed by atoms with Crippen molar-refractivity contribution in [2.45, 2.75) is 38.2 Å². The van der Waals surface area contributed by atoms with Gasteiger partial charge in [-0.3, -0.25) is 4.99 Å². The molecular formula is C12H23N3O. The van der Waals surface area contributed by atoms with E-state index in [2.05, 4.69) is 15.2 Å². The molecule has 2 N–H and O–H groups in total. The minimum absolute atomic E-state index is 0.110. The van der Waals surface area contributed by atoms with Crippen LogP contribution in [0.2, 0.25) is 0 Å². The molecule has 0 bridgehead atoms. The van der Waals surface area contributed by atoms with Gasteiger partial charge in [-0.25, -0.2) is 0 Å². The Morgan fingerprint density at radius 1 is 1.31 bits per heavy atom. The number of piperidine rings is 1. The highest BCUT2D eigenvalue weighted by atomic mass is 16.3. The average Bonchev–Trinajstić information content (AvgIpc) is 2.24. The summed E-state index contributed by atoms with van der Waals surface area (Å²) >= 11 is 0. The Labute approximate surface area is 97.7 Å². The zero-order valence-corrected chi connectivity index (χ0v) is 10.2. The van der Waals surface area contributed by atoms with Gasteiger partial charge < -0.3 is 15.3 Å². The molecule has 2 fully saturated rings. The molecule has 0 aromatic heterocycles. The molecule has 4 nitrogen and oxygen atoms in total. The van der Waals surface area contributed by atoms with Crippen molar-refractivity contribution in [3.05, 3.63) is 0 Å². The molecule has 0 spiro atoms. The summed E-state index contributed by atoms with van der Waals surface area (Å²) in [7, 11) is 1.84. The zero-order valence-electron chi connectivity index (χ0n) is 10.2. The largest absolute Gasteiger partial charge is 0.393 e. The van der Waals surface area contributed by atoms with Gasteiger partial charge in [-0.15, -0.1) is 0 Å². The number of hydrogen-bond donors (Lipinski definition) is 2. The summed E-state index contributed by atoms with van der Waals surface area (Å²) in [5.74, 6) is 1.87. The SMILES string of the molecule is CN=C(NCC1CCC1)N1CCC(O)CC1. The van der Waals surface area contributed by atoms with Crippen molar-refractivity contribution >= 4 is 5.96 Å². The lowest BCUT2D eigenvalue weighted by Crippen LogP contribution is -2.48. The molecule has 2 aliphatic rings. The van der Waals surface area contributed by atoms with E-state index in [1.54, 1.807) is 0 Å². The van der Waals surface area contributed by atoms with E-state index in [9.17, 15) is 5.11 Å². The Balaban J connectivity index is 1.75. The number of nitrogens with zero attached hydrogens (tertiary/aromatic N) is 2. The molecule has 1 aliphatic heterocycles. The zero-order chi connectivity index (χ0) is 11.4. The van der Waals surface area contributed by atoms with Gasteiger partial charge in [0.15, 0.2) is 5.96 Å². The van der Waals surface area contributed by atoms with Crippen molar-refractivity contribution in [3.8, 4) is 0 Å². The highest BCUT2D eigenvalue weighted by Gasteiger charge is 2.21. The second-order valence-corrected chi connectivity index (χ2v) is 4.94. The van der Waals surface area contributed by atoms with Gasteiger partial charge in [0.2, 0.25) is 0 Å². The Morgan fingerprint density at radius 3 is 2.50 bits per heavy atom. The molecule has 0 radical (unpaired) electrons. The number of aliphatic hydroxyl groups is 1. The normalized spacial score (nSPS) is 24.4. The third kappa shape index (κ3) is 2.88. The fraction of sp³-hybridized carbons (Fsp3) is 0.917. The van der Waals surface area contributed by atoms with Gasteiger partial charge in [-0.05, 0) is 31.6 Å². The van der Waals surface area contributed by atoms with Gasteiger partial charge in [-0.2, -0.15) is 0 Å². The molecule has 1 aliphatic carbocycles. The highest BCUT2D eigenvalue weighted by Crippen LogP contribution is 2.25. The van der Waals surface area contributed by atoms with Crippen molar-refractivity contribution in [3.63, 3.8) is 0 Å². The number of guanidine groups is 1. The number of nitrogens with one attached hydrogen (secondary N) is 1. The first-order valence-electron chi connectivity index (χ1n) is 6.43. The van der Waals surface area contributed by atoms with Gasteiger partial charge in [0, 0.05) is 26.7 Å². The monoisotopic (exact) mass is 225 g/mol. The summed E-state index contributed by atoms with van der Waals surface area (Å²) in [5, 5.41) is 12.9. The van der Waals surface area contributed by atoms with Crippen LogP contribution in [0.1, 0.15) is 32.1 Å². The van der Waals surface area contributed by atoms with Crippen LogP contribution in [-0.2, 0) is 0 Å². The van der Waals surface area contributed by atoms with Gasteiger partial charge in [-0.1, -0.05) is 6.42 Å². The Bertz CT molecular complexity index is 243. The molecule has 1 heterocycles. The first-order chi connectivity index (χ1) is 7.79. The summed E-state index contributed by atoms with van der Waals surface area (Å²) in [6.07, 6.45) is 5.74. The van der Waals surface area contributed by atoms with E-state index in [0.717, 1.165) is 44.4 Å². The van der Waals surface area contributed by atoms with Gasteiger partial charge >= 0.3 is 0 Å². The van der Waals surface area contributed by atoms with Crippen molar-refractivity contribution in [2.75, 3.05) is 26.7 Å². The molecule has 16 heavy (non-hydrogen) atoms. The molecule has 4 heteroatoms. The molecule has 0 aromatic carbocycles. The maximum Gasteiger partial charge on any atom is 0.193 e. The molecule has 92 valence electrons. The second-order valence-electron chi connectivity index (χ2n) is 4.94. The average molecular weight is 225 g/mol. The topological polar surface area (TPSA) is 47.9 Å². The molecule has 0 atom stereocenters. The molecule has 2 rings (SSSR count). The summed E-state index contributed by atoms with van der Waals surface area (Å²) in [4.78, 5) is 6.57. The van der Waals surface area contributed by atoms with Gasteiger partial charge in [0.05, 0.1) is 6.10 Å². The number of rotatable bonds is 2. The predicted octanol–water partition coefficient (Wildman–Crippen LogP) is 0.819. The van der Waals surface area contributed by atoms with Crippen molar-refractivity contribution in [1.82, 2.24) is 10.2 Å². The number of likely N-dealkylation sites (tertiary alicyclic amines) is 1. The first kappa shape index (κ1) is 11.7. The second kappa shape index (κ2) is 5.53. The van der Waals surface area contributed by atoms with Crippen molar-refractivity contribution < 1.29 is 5.11 Å². The maximum atomic E-state index is 9.46. The number of hydrogen-bond acceptors (Lipinski definition) is 2. The lowest BCUT2D eigenvalue weighted by atomic mass is 9.85. The lowest BCUT2D eigenvalue weighted by Gasteiger charge is -2.34. The van der Waals surface area contributed by atoms with Crippen LogP contribution < -0.4 is 5.32 Å². The van der Waals surface area contributed by atoms with Crippen LogP contribution in [-0.4, -0.2) is 48.8 Å². The Hall–Kier alpha value is -0.770. The van der Waals surface area contributed by atoms with E-state index < -0.39 is 0 Å². The van der Waals surface area contributed by atoms with Crippen LogP contribution in [0.4, 0.5) is 0 Å². The smallest absolute Gasteiger partial charge is 0.193 e. The third-order valence-electron chi connectivity index (χ3n) is 3.75. The summed E-state index contributed by atoms with van der Waals surface area (Å²) < 4.78 is 0. The van der Waals surface area contributed by atoms with E-state index in [1.165, 1.54) is 19.3 Å². The number of aliphatic hydroxyl groups excluding tert-OH is 1. The van der Waals surface area contributed by atoms with Crippen LogP contribution in [0.15, 0.2) is 4.99 Å². The van der Waals surface area contributed by atoms with E-state index in [4.69, 9.17) is 0 Å². The fourth-order valence-electron chi connectivity index (χ4n) is 2.34. The Morgan fingerprint density at radius 2 is 2.00 bits per heavy atom. The van der Waals surface area contributed by atoms with Crippen molar-refractivity contribution in [2.24, 2.45) is 10.9 Å². The number of aliphatic imine (C=N–C) groups is 1. The summed E-state index contributed by atoms with van der Waals surface area (Å²) in [5.41, 5.74) is 0. The van der Waals surface area contributed by atoms with Crippen LogP contribution in [0.3, 0.4) is 0 Å². The Kier molecular flexibility index (Phi) is 4.04. The minimum atomic E-state index is -0.110. The minimum Gasteiger partial charge on any atom is -0.393 e. The summed E-state index contributed by atoms with van der Waals surface area (Å²) in [6, 6.07) is 0. The van der Waals surface area contributed by atoms with E-state index in [0.29, 0.717) is 0 Å². The third-order valence-corrected chi connectivity index (χ3v) is 3.75. The van der Waals surface area contributed by atoms with Crippen LogP contribution >= 0.6 is 0 Å². The van der Waals surface area contributed by atoms with E-state index >= 15 is 0 Å². The van der Waals surface area contributed by atoms with E-state index in [1.807, 2.05) is 7.05 Å². The molecule has 1 saturated heterocycles. The van der Waals surface area contributed by atoms with Gasteiger partial charge in [0.1, 0.15) is 0 Å². The molecule has 0 unspecified atom stereocenters. The fourth-order valence-corrected chi connectivity index (χ4v) is 2.34. The first-order valence-corrected chi connectivity index (χ1v) is 6.43. The molecule has 1 saturated carbocycles. The van der Waals surface area contributed by atoms with Crippen LogP contribution in [0.25, 0.3) is 0 Å². The van der Waals surface area contributed by atoms with Crippen molar-refractivity contribution in [1.29, 1.82) is 0 Å². The van der Waals surface area contributed by atoms with Crippen LogP contribution in [0, 0.1) is 5.92 Å². The van der Waals surface area contributed by atoms with E-state index in [-0.39, 0.29) is 6.10 Å². The molecular weight excluding hydrogens is 202 g/mol. The van der Waals surface area contributed by atoms with Crippen LogP contribution in [0.5, 0.6) is 0 Å². The van der Waals surface area contributed by atoms with Gasteiger partial charge in [0.25, 0.3) is 0 Å². The predicted molar refractivity (Wildman–Crippen MR) is 65.5 cm³/mol. The maximum absolute atomic E-state index is 9.46. The quantitative estimate of drug-likeness (QED) is 0.540. The molecule has 0 amide bonds. The highest BCUT2D eigenvalue weighted by molar-refractivity contribution is 5.79. The summed E-state index contributed by atoms with van der Waals surface area (Å²) in [6.45, 7) is 2.91. The lowest BCUT2D eigenvalue weighted by molar-refractivity contribution is 0.107. The standard InChI is InChI=1S/C12H23N3O/c1-13-12(14-9-10-3-2-4-10)15-7-5-11(16)6-8-15/h10-11,16H,2-9H2,1H3,(H,13,14). The molecule has 0 aromatic rings.